The minimum absolute atomic E-state index is 0.0694. The molecule has 0 unspecified atom stereocenters. The Morgan fingerprint density at radius 1 is 1.50 bits per heavy atom. The van der Waals surface area contributed by atoms with Crippen molar-refractivity contribution in [2.45, 2.75) is 26.2 Å². The Balaban J connectivity index is 2.66. The summed E-state index contributed by atoms with van der Waals surface area (Å²) in [5, 5.41) is 0. The van der Waals surface area contributed by atoms with Crippen LogP contribution in [-0.2, 0) is 0 Å². The fourth-order valence-corrected chi connectivity index (χ4v) is 1.31. The lowest BCUT2D eigenvalue weighted by molar-refractivity contribution is 0.0984. The van der Waals surface area contributed by atoms with Crippen molar-refractivity contribution in [3.8, 4) is 18.1 Å². The summed E-state index contributed by atoms with van der Waals surface area (Å²) in [6.45, 7) is 2.71. The van der Waals surface area contributed by atoms with E-state index < -0.39 is 0 Å². The van der Waals surface area contributed by atoms with Gasteiger partial charge in [-0.2, -0.15) is 0 Å². The fraction of sp³-hybridized carbons (Fsp3) is 0.357. The van der Waals surface area contributed by atoms with Crippen LogP contribution in [0.3, 0.4) is 0 Å². The Kier molecular flexibility index (Phi) is 5.15. The summed E-state index contributed by atoms with van der Waals surface area (Å²) in [5.41, 5.74) is 0.670. The van der Waals surface area contributed by atoms with E-state index in [0.717, 1.165) is 12.2 Å². The van der Waals surface area contributed by atoms with E-state index in [0.29, 0.717) is 25.0 Å². The second-order valence-corrected chi connectivity index (χ2v) is 3.50. The summed E-state index contributed by atoms with van der Waals surface area (Å²) in [7, 11) is 0. The quantitative estimate of drug-likeness (QED) is 0.539. The maximum Gasteiger partial charge on any atom is 0.163 e. The third-order valence-electron chi connectivity index (χ3n) is 2.13. The minimum atomic E-state index is 0.0694. The van der Waals surface area contributed by atoms with Gasteiger partial charge in [0.1, 0.15) is 5.75 Å². The highest BCUT2D eigenvalue weighted by atomic mass is 16.5. The van der Waals surface area contributed by atoms with Gasteiger partial charge in [0.05, 0.1) is 6.61 Å². The Bertz CT molecular complexity index is 388. The summed E-state index contributed by atoms with van der Waals surface area (Å²) in [4.78, 5) is 11.7. The van der Waals surface area contributed by atoms with Gasteiger partial charge in [-0.05, 0) is 18.6 Å². The Hall–Kier alpha value is -1.75. The number of hydrogen-bond acceptors (Lipinski definition) is 2. The number of carbonyl (C=O) groups excluding carboxylic acids is 1. The van der Waals surface area contributed by atoms with Gasteiger partial charge in [-0.15, -0.1) is 12.3 Å². The second-order valence-electron chi connectivity index (χ2n) is 3.50. The van der Waals surface area contributed by atoms with Crippen LogP contribution in [0.1, 0.15) is 36.5 Å². The van der Waals surface area contributed by atoms with Gasteiger partial charge in [0.25, 0.3) is 0 Å². The molecular weight excluding hydrogens is 200 g/mol. The number of ketones is 1. The molecule has 0 aliphatic heterocycles. The standard InChI is InChI=1S/C14H16O2/c1-3-5-9-14(15)12-7-6-8-13(11-12)16-10-4-2/h1,6-8,11H,4-5,9-10H2,2H3. The Labute approximate surface area is 96.6 Å². The molecule has 1 aromatic rings. The highest BCUT2D eigenvalue weighted by Gasteiger charge is 2.05. The highest BCUT2D eigenvalue weighted by molar-refractivity contribution is 5.96. The van der Waals surface area contributed by atoms with Crippen LogP contribution in [0.2, 0.25) is 0 Å². The number of terminal acetylenes is 1. The lowest BCUT2D eigenvalue weighted by Crippen LogP contribution is -2.00. The Morgan fingerprint density at radius 3 is 3.00 bits per heavy atom. The highest BCUT2D eigenvalue weighted by Crippen LogP contribution is 2.15. The van der Waals surface area contributed by atoms with Crippen LogP contribution in [-0.4, -0.2) is 12.4 Å². The lowest BCUT2D eigenvalue weighted by Gasteiger charge is -2.05. The molecule has 0 atom stereocenters. The molecule has 0 saturated carbocycles. The van der Waals surface area contributed by atoms with E-state index in [1.165, 1.54) is 0 Å². The van der Waals surface area contributed by atoms with Crippen molar-refractivity contribution in [1.82, 2.24) is 0 Å². The van der Waals surface area contributed by atoms with Crippen molar-refractivity contribution in [2.75, 3.05) is 6.61 Å². The van der Waals surface area contributed by atoms with E-state index in [4.69, 9.17) is 11.2 Å². The average Bonchev–Trinajstić information content (AvgIpc) is 2.33. The van der Waals surface area contributed by atoms with Gasteiger partial charge in [0.15, 0.2) is 5.78 Å². The third kappa shape index (κ3) is 3.78. The monoisotopic (exact) mass is 216 g/mol. The van der Waals surface area contributed by atoms with Gasteiger partial charge in [-0.3, -0.25) is 4.79 Å². The molecule has 0 heterocycles. The summed E-state index contributed by atoms with van der Waals surface area (Å²) >= 11 is 0. The zero-order chi connectivity index (χ0) is 11.8. The molecule has 84 valence electrons. The van der Waals surface area contributed by atoms with E-state index in [1.54, 1.807) is 12.1 Å². The van der Waals surface area contributed by atoms with E-state index in [-0.39, 0.29) is 5.78 Å². The van der Waals surface area contributed by atoms with Crippen LogP contribution in [0.15, 0.2) is 24.3 Å². The summed E-state index contributed by atoms with van der Waals surface area (Å²) in [5.74, 6) is 3.28. The molecule has 0 aliphatic carbocycles. The molecule has 16 heavy (non-hydrogen) atoms. The second kappa shape index (κ2) is 6.68. The average molecular weight is 216 g/mol. The SMILES string of the molecule is C#CCCC(=O)c1cccc(OCCC)c1. The number of Topliss-reactive ketones (excluding diaryl/α,β-unsaturated/α-hetero) is 1. The first-order valence-corrected chi connectivity index (χ1v) is 5.47. The topological polar surface area (TPSA) is 26.3 Å². The molecule has 1 aromatic carbocycles. The van der Waals surface area contributed by atoms with Crippen molar-refractivity contribution in [1.29, 1.82) is 0 Å². The van der Waals surface area contributed by atoms with Gasteiger partial charge in [-0.1, -0.05) is 19.1 Å². The molecule has 2 nitrogen and oxygen atoms in total. The molecule has 1 rings (SSSR count). The normalized spacial score (nSPS) is 9.50. The Morgan fingerprint density at radius 2 is 2.31 bits per heavy atom. The van der Waals surface area contributed by atoms with E-state index in [9.17, 15) is 4.79 Å². The predicted octanol–water partition coefficient (Wildman–Crippen LogP) is 3.07. The van der Waals surface area contributed by atoms with Gasteiger partial charge >= 0.3 is 0 Å². The molecule has 0 fully saturated rings. The first-order valence-electron chi connectivity index (χ1n) is 5.47. The van der Waals surface area contributed by atoms with Crippen molar-refractivity contribution >= 4 is 5.78 Å². The zero-order valence-electron chi connectivity index (χ0n) is 9.53. The molecule has 0 spiro atoms. The summed E-state index contributed by atoms with van der Waals surface area (Å²) in [6.07, 6.45) is 6.96. The van der Waals surface area contributed by atoms with Crippen molar-refractivity contribution < 1.29 is 9.53 Å². The molecule has 0 bridgehead atoms. The lowest BCUT2D eigenvalue weighted by atomic mass is 10.1. The molecule has 2 heteroatoms. The molecule has 0 radical (unpaired) electrons. The van der Waals surface area contributed by atoms with E-state index in [1.807, 2.05) is 19.1 Å². The van der Waals surface area contributed by atoms with Crippen molar-refractivity contribution in [3.63, 3.8) is 0 Å². The van der Waals surface area contributed by atoms with Gasteiger partial charge < -0.3 is 4.74 Å². The maximum absolute atomic E-state index is 11.7. The largest absolute Gasteiger partial charge is 0.494 e. The van der Waals surface area contributed by atoms with Crippen LogP contribution >= 0.6 is 0 Å². The van der Waals surface area contributed by atoms with Gasteiger partial charge in [0, 0.05) is 18.4 Å². The third-order valence-corrected chi connectivity index (χ3v) is 2.13. The number of benzene rings is 1. The number of ether oxygens (including phenoxy) is 1. The van der Waals surface area contributed by atoms with Crippen LogP contribution < -0.4 is 4.74 Å². The molecule has 0 aromatic heterocycles. The maximum atomic E-state index is 11.7. The van der Waals surface area contributed by atoms with E-state index >= 15 is 0 Å². The van der Waals surface area contributed by atoms with E-state index in [2.05, 4.69) is 5.92 Å². The van der Waals surface area contributed by atoms with Gasteiger partial charge in [-0.25, -0.2) is 0 Å². The molecule has 0 aliphatic rings. The first kappa shape index (κ1) is 12.3. The summed E-state index contributed by atoms with van der Waals surface area (Å²) in [6, 6.07) is 7.24. The molecule has 0 saturated heterocycles. The smallest absolute Gasteiger partial charge is 0.163 e. The van der Waals surface area contributed by atoms with Crippen molar-refractivity contribution in [3.05, 3.63) is 29.8 Å². The minimum Gasteiger partial charge on any atom is -0.494 e. The molecule has 0 amide bonds. The predicted molar refractivity (Wildman–Crippen MR) is 64.6 cm³/mol. The number of hydrogen-bond donors (Lipinski definition) is 0. The first-order chi connectivity index (χ1) is 7.77. The zero-order valence-corrected chi connectivity index (χ0v) is 9.53. The van der Waals surface area contributed by atoms with Crippen molar-refractivity contribution in [2.24, 2.45) is 0 Å². The summed E-state index contributed by atoms with van der Waals surface area (Å²) < 4.78 is 5.46. The molecule has 0 N–H and O–H groups in total. The van der Waals surface area contributed by atoms with Crippen LogP contribution in [0.25, 0.3) is 0 Å². The number of rotatable bonds is 6. The van der Waals surface area contributed by atoms with Gasteiger partial charge in [0.2, 0.25) is 0 Å². The molecular formula is C14H16O2. The number of carbonyl (C=O) groups is 1. The van der Waals surface area contributed by atoms with Crippen LogP contribution in [0.5, 0.6) is 5.75 Å². The fourth-order valence-electron chi connectivity index (χ4n) is 1.31. The van der Waals surface area contributed by atoms with Crippen LogP contribution in [0, 0.1) is 12.3 Å². The van der Waals surface area contributed by atoms with Crippen LogP contribution in [0.4, 0.5) is 0 Å².